The van der Waals surface area contributed by atoms with Crippen LogP contribution in [0.25, 0.3) is 0 Å². The minimum Gasteiger partial charge on any atom is -0.493 e. The van der Waals surface area contributed by atoms with Crippen molar-refractivity contribution in [2.45, 2.75) is 12.8 Å². The van der Waals surface area contributed by atoms with Gasteiger partial charge < -0.3 is 14.8 Å². The third-order valence-electron chi connectivity index (χ3n) is 3.00. The van der Waals surface area contributed by atoms with E-state index in [0.29, 0.717) is 24.5 Å². The summed E-state index contributed by atoms with van der Waals surface area (Å²) in [6.45, 7) is 0.593. The fourth-order valence-electron chi connectivity index (χ4n) is 1.93. The van der Waals surface area contributed by atoms with Crippen molar-refractivity contribution in [2.75, 3.05) is 20.8 Å². The van der Waals surface area contributed by atoms with Crippen LogP contribution in [0.5, 0.6) is 11.5 Å². The molecule has 2 rings (SSSR count). The summed E-state index contributed by atoms with van der Waals surface area (Å²) in [6, 6.07) is 5.48. The van der Waals surface area contributed by atoms with Gasteiger partial charge in [0.1, 0.15) is 0 Å². The maximum Gasteiger partial charge on any atom is 0.224 e. The summed E-state index contributed by atoms with van der Waals surface area (Å²) in [4.78, 5) is 16.1. The van der Waals surface area contributed by atoms with Gasteiger partial charge in [0.15, 0.2) is 11.5 Å². The highest BCUT2D eigenvalue weighted by Gasteiger charge is 2.08. The highest BCUT2D eigenvalue weighted by Crippen LogP contribution is 2.27. The normalized spacial score (nSPS) is 10.2. The second kappa shape index (κ2) is 7.64. The molecule has 5 nitrogen and oxygen atoms in total. The molecule has 0 aliphatic carbocycles. The third-order valence-corrected chi connectivity index (χ3v) is 3.63. The predicted octanol–water partition coefficient (Wildman–Crippen LogP) is 2.06. The Balaban J connectivity index is 1.84. The Morgan fingerprint density at radius 3 is 2.76 bits per heavy atom. The third kappa shape index (κ3) is 4.46. The standard InChI is InChI=1S/C15H18N2O3S/c1-19-13-4-3-11(7-14(13)20-2)8-15(18)16-6-5-12-9-21-10-17-12/h3-4,7,9-10H,5-6,8H2,1-2H3,(H,16,18). The summed E-state index contributed by atoms with van der Waals surface area (Å²) in [5.74, 6) is 1.27. The molecule has 1 heterocycles. The molecule has 0 saturated heterocycles. The first-order valence-corrected chi connectivity index (χ1v) is 7.52. The second-order valence-electron chi connectivity index (χ2n) is 4.45. The van der Waals surface area contributed by atoms with Crippen molar-refractivity contribution in [3.05, 3.63) is 40.3 Å². The number of hydrogen-bond acceptors (Lipinski definition) is 5. The molecule has 0 spiro atoms. The van der Waals surface area contributed by atoms with Gasteiger partial charge in [-0.3, -0.25) is 4.79 Å². The number of benzene rings is 1. The first-order valence-electron chi connectivity index (χ1n) is 6.57. The van der Waals surface area contributed by atoms with Gasteiger partial charge in [0.2, 0.25) is 5.91 Å². The molecule has 0 radical (unpaired) electrons. The van der Waals surface area contributed by atoms with E-state index in [9.17, 15) is 4.79 Å². The zero-order valence-corrected chi connectivity index (χ0v) is 12.9. The van der Waals surface area contributed by atoms with E-state index in [1.54, 1.807) is 37.1 Å². The van der Waals surface area contributed by atoms with Crippen LogP contribution in [0.2, 0.25) is 0 Å². The number of amides is 1. The number of thiazole rings is 1. The van der Waals surface area contributed by atoms with E-state index in [1.165, 1.54) is 0 Å². The van der Waals surface area contributed by atoms with Crippen molar-refractivity contribution in [2.24, 2.45) is 0 Å². The molecule has 0 unspecified atom stereocenters. The minimum absolute atomic E-state index is 0.0163. The van der Waals surface area contributed by atoms with Crippen LogP contribution >= 0.6 is 11.3 Å². The van der Waals surface area contributed by atoms with Crippen molar-refractivity contribution < 1.29 is 14.3 Å². The Hall–Kier alpha value is -2.08. The zero-order valence-electron chi connectivity index (χ0n) is 12.1. The molecule has 0 aliphatic heterocycles. The van der Waals surface area contributed by atoms with Crippen molar-refractivity contribution >= 4 is 17.2 Å². The van der Waals surface area contributed by atoms with E-state index >= 15 is 0 Å². The summed E-state index contributed by atoms with van der Waals surface area (Å²) < 4.78 is 10.4. The number of ether oxygens (including phenoxy) is 2. The van der Waals surface area contributed by atoms with Crippen LogP contribution in [0.1, 0.15) is 11.3 Å². The van der Waals surface area contributed by atoms with E-state index < -0.39 is 0 Å². The molecule has 0 aliphatic rings. The first kappa shape index (κ1) is 15.3. The number of carbonyl (C=O) groups excluding carboxylic acids is 1. The van der Waals surface area contributed by atoms with E-state index in [0.717, 1.165) is 17.7 Å². The van der Waals surface area contributed by atoms with Crippen molar-refractivity contribution in [1.29, 1.82) is 0 Å². The molecule has 6 heteroatoms. The van der Waals surface area contributed by atoms with Gasteiger partial charge in [-0.2, -0.15) is 0 Å². The highest BCUT2D eigenvalue weighted by molar-refractivity contribution is 7.07. The molecule has 1 aromatic carbocycles. The Kier molecular flexibility index (Phi) is 5.57. The maximum atomic E-state index is 11.9. The lowest BCUT2D eigenvalue weighted by Crippen LogP contribution is -2.27. The minimum atomic E-state index is -0.0163. The average molecular weight is 306 g/mol. The summed E-state index contributed by atoms with van der Waals surface area (Å²) in [5, 5.41) is 4.88. The second-order valence-corrected chi connectivity index (χ2v) is 5.16. The Morgan fingerprint density at radius 2 is 2.10 bits per heavy atom. The van der Waals surface area contributed by atoms with E-state index in [4.69, 9.17) is 9.47 Å². The van der Waals surface area contributed by atoms with Gasteiger partial charge in [-0.25, -0.2) is 4.98 Å². The molecule has 0 saturated carbocycles. The Labute approximate surface area is 127 Å². The SMILES string of the molecule is COc1ccc(CC(=O)NCCc2cscn2)cc1OC. The monoisotopic (exact) mass is 306 g/mol. The van der Waals surface area contributed by atoms with E-state index in [-0.39, 0.29) is 5.91 Å². The molecule has 0 bridgehead atoms. The number of methoxy groups -OCH3 is 2. The lowest BCUT2D eigenvalue weighted by molar-refractivity contribution is -0.120. The molecule has 0 fully saturated rings. The Bertz CT molecular complexity index is 585. The van der Waals surface area contributed by atoms with Gasteiger partial charge in [-0.1, -0.05) is 6.07 Å². The van der Waals surface area contributed by atoms with Crippen LogP contribution in [0.4, 0.5) is 0 Å². The van der Waals surface area contributed by atoms with Crippen LogP contribution in [-0.2, 0) is 17.6 Å². The van der Waals surface area contributed by atoms with Crippen molar-refractivity contribution in [3.63, 3.8) is 0 Å². The van der Waals surface area contributed by atoms with Crippen molar-refractivity contribution in [3.8, 4) is 11.5 Å². The average Bonchev–Trinajstić information content (AvgIpc) is 3.00. The molecule has 2 aromatic rings. The summed E-state index contributed by atoms with van der Waals surface area (Å²) in [7, 11) is 3.16. The lowest BCUT2D eigenvalue weighted by Gasteiger charge is -2.09. The summed E-state index contributed by atoms with van der Waals surface area (Å²) >= 11 is 1.56. The maximum absolute atomic E-state index is 11.9. The van der Waals surface area contributed by atoms with Crippen LogP contribution in [0, 0.1) is 0 Å². The van der Waals surface area contributed by atoms with Crippen LogP contribution < -0.4 is 14.8 Å². The first-order chi connectivity index (χ1) is 10.2. The molecule has 112 valence electrons. The zero-order chi connectivity index (χ0) is 15.1. The molecule has 1 N–H and O–H groups in total. The number of carbonyl (C=O) groups is 1. The highest BCUT2D eigenvalue weighted by atomic mass is 32.1. The van der Waals surface area contributed by atoms with Crippen LogP contribution in [-0.4, -0.2) is 31.7 Å². The number of hydrogen-bond donors (Lipinski definition) is 1. The van der Waals surface area contributed by atoms with E-state index in [1.807, 2.05) is 17.5 Å². The molecular formula is C15H18N2O3S. The number of aromatic nitrogens is 1. The fourth-order valence-corrected chi connectivity index (χ4v) is 2.52. The molecule has 0 atom stereocenters. The van der Waals surface area contributed by atoms with Gasteiger partial charge in [0.25, 0.3) is 0 Å². The molecular weight excluding hydrogens is 288 g/mol. The summed E-state index contributed by atoms with van der Waals surface area (Å²) in [5.41, 5.74) is 3.69. The van der Waals surface area contributed by atoms with Crippen LogP contribution in [0.15, 0.2) is 29.1 Å². The summed E-state index contributed by atoms with van der Waals surface area (Å²) in [6.07, 6.45) is 1.07. The molecule has 1 amide bonds. The van der Waals surface area contributed by atoms with Gasteiger partial charge >= 0.3 is 0 Å². The quantitative estimate of drug-likeness (QED) is 0.850. The number of nitrogens with zero attached hydrogens (tertiary/aromatic N) is 1. The van der Waals surface area contributed by atoms with Gasteiger partial charge in [0.05, 0.1) is 31.8 Å². The van der Waals surface area contributed by atoms with Gasteiger partial charge in [-0.05, 0) is 17.7 Å². The number of nitrogens with one attached hydrogen (secondary N) is 1. The fraction of sp³-hybridized carbons (Fsp3) is 0.333. The predicted molar refractivity (Wildman–Crippen MR) is 82.1 cm³/mol. The largest absolute Gasteiger partial charge is 0.493 e. The van der Waals surface area contributed by atoms with Crippen molar-refractivity contribution in [1.82, 2.24) is 10.3 Å². The number of rotatable bonds is 7. The van der Waals surface area contributed by atoms with Gasteiger partial charge in [-0.15, -0.1) is 11.3 Å². The topological polar surface area (TPSA) is 60.5 Å². The lowest BCUT2D eigenvalue weighted by atomic mass is 10.1. The van der Waals surface area contributed by atoms with Gasteiger partial charge in [0, 0.05) is 18.3 Å². The van der Waals surface area contributed by atoms with Crippen LogP contribution in [0.3, 0.4) is 0 Å². The smallest absolute Gasteiger partial charge is 0.224 e. The Morgan fingerprint density at radius 1 is 1.29 bits per heavy atom. The molecule has 1 aromatic heterocycles. The van der Waals surface area contributed by atoms with E-state index in [2.05, 4.69) is 10.3 Å². The molecule has 21 heavy (non-hydrogen) atoms.